The van der Waals surface area contributed by atoms with E-state index in [2.05, 4.69) is 15.2 Å². The highest BCUT2D eigenvalue weighted by Crippen LogP contribution is 2.25. The van der Waals surface area contributed by atoms with E-state index < -0.39 is 24.0 Å². The van der Waals surface area contributed by atoms with Crippen LogP contribution in [0.15, 0.2) is 59.3 Å². The van der Waals surface area contributed by atoms with Crippen molar-refractivity contribution >= 4 is 23.5 Å². The van der Waals surface area contributed by atoms with Gasteiger partial charge in [0.15, 0.2) is 0 Å². The number of pyridine rings is 1. The van der Waals surface area contributed by atoms with Crippen LogP contribution in [0.4, 0.5) is 24.1 Å². The molecule has 3 amide bonds. The van der Waals surface area contributed by atoms with E-state index in [1.807, 2.05) is 51.1 Å². The molecule has 0 spiro atoms. The number of ether oxygens (including phenoxy) is 1. The van der Waals surface area contributed by atoms with E-state index >= 15 is 0 Å². The molecule has 40 heavy (non-hydrogen) atoms. The van der Waals surface area contributed by atoms with Gasteiger partial charge in [0, 0.05) is 49.8 Å². The molecule has 1 saturated heterocycles. The number of hydrogen-bond acceptors (Lipinski definition) is 7. The molecule has 0 atom stereocenters. The van der Waals surface area contributed by atoms with Crippen molar-refractivity contribution in [3.8, 4) is 11.5 Å². The molecule has 0 bridgehead atoms. The van der Waals surface area contributed by atoms with Crippen molar-refractivity contribution in [1.82, 2.24) is 29.4 Å². The molecule has 0 aliphatic carbocycles. The Morgan fingerprint density at radius 3 is 2.40 bits per heavy atom. The van der Waals surface area contributed by atoms with Crippen LogP contribution < -0.4 is 4.90 Å². The summed E-state index contributed by atoms with van der Waals surface area (Å²) in [4.78, 5) is 35.8. The first-order valence-corrected chi connectivity index (χ1v) is 12.8. The largest absolute Gasteiger partial charge is 0.444 e. The number of aromatic nitrogens is 4. The normalized spacial score (nSPS) is 14.2. The first kappa shape index (κ1) is 27.0. The fourth-order valence-corrected chi connectivity index (χ4v) is 4.30. The van der Waals surface area contributed by atoms with E-state index in [9.17, 15) is 18.4 Å². The second-order valence-electron chi connectivity index (χ2n) is 10.3. The van der Waals surface area contributed by atoms with Crippen LogP contribution in [0, 0.1) is 0 Å². The van der Waals surface area contributed by atoms with Gasteiger partial charge in [-0.1, -0.05) is 18.2 Å². The zero-order valence-corrected chi connectivity index (χ0v) is 22.3. The Hall–Kier alpha value is -4.55. The molecule has 0 N–H and O–H groups in total. The summed E-state index contributed by atoms with van der Waals surface area (Å²) in [5.74, 6) is -0.781. The van der Waals surface area contributed by atoms with Crippen LogP contribution in [0.5, 0.6) is 0 Å². The van der Waals surface area contributed by atoms with Crippen molar-refractivity contribution in [3.05, 3.63) is 66.4 Å². The fourth-order valence-electron chi connectivity index (χ4n) is 4.30. The number of amides is 3. The lowest BCUT2D eigenvalue weighted by molar-refractivity contribution is 0.0172. The number of carbonyl (C=O) groups is 2. The quantitative estimate of drug-likeness (QED) is 0.342. The highest BCUT2D eigenvalue weighted by atomic mass is 19.3. The fraction of sp³-hybridized carbons (Fsp3) is 0.370. The monoisotopic (exact) mass is 553 g/mol. The number of anilines is 1. The molecular formula is C27H29F2N7O4. The third-order valence-electron chi connectivity index (χ3n) is 6.21. The minimum absolute atomic E-state index is 0.0334. The number of benzene rings is 1. The van der Waals surface area contributed by atoms with Crippen LogP contribution in [0.3, 0.4) is 0 Å². The topological polar surface area (TPSA) is 109 Å². The molecule has 210 valence electrons. The van der Waals surface area contributed by atoms with E-state index in [1.54, 1.807) is 43.6 Å². The van der Waals surface area contributed by atoms with Crippen molar-refractivity contribution in [3.63, 3.8) is 0 Å². The number of imidazole rings is 1. The summed E-state index contributed by atoms with van der Waals surface area (Å²) in [6.07, 6.45) is 0.249. The Balaban J connectivity index is 1.33. The SMILES string of the molecule is CC(C)(C)OC(=O)N1CCN(C(=O)N(Cc2cn3ccc(-c4nnc(C(F)F)o4)cc3n2)c2ccccc2)CC1. The van der Waals surface area contributed by atoms with Crippen molar-refractivity contribution in [2.24, 2.45) is 0 Å². The van der Waals surface area contributed by atoms with E-state index in [4.69, 9.17) is 9.15 Å². The van der Waals surface area contributed by atoms with Crippen molar-refractivity contribution in [2.75, 3.05) is 31.1 Å². The number of halogens is 2. The number of para-hydroxylation sites is 1. The zero-order chi connectivity index (χ0) is 28.4. The predicted octanol–water partition coefficient (Wildman–Crippen LogP) is 5.00. The van der Waals surface area contributed by atoms with Crippen LogP contribution >= 0.6 is 0 Å². The van der Waals surface area contributed by atoms with Crippen LogP contribution in [0.2, 0.25) is 0 Å². The summed E-state index contributed by atoms with van der Waals surface area (Å²) >= 11 is 0. The molecule has 1 aliphatic heterocycles. The minimum atomic E-state index is -2.86. The van der Waals surface area contributed by atoms with E-state index in [1.165, 1.54) is 0 Å². The molecule has 4 heterocycles. The maximum absolute atomic E-state index is 13.7. The van der Waals surface area contributed by atoms with E-state index in [0.29, 0.717) is 48.8 Å². The maximum atomic E-state index is 13.7. The van der Waals surface area contributed by atoms with Crippen LogP contribution in [-0.4, -0.2) is 73.3 Å². The second-order valence-corrected chi connectivity index (χ2v) is 10.3. The average Bonchev–Trinajstić information content (AvgIpc) is 3.58. The summed E-state index contributed by atoms with van der Waals surface area (Å²) in [5, 5.41) is 7.07. The highest BCUT2D eigenvalue weighted by Gasteiger charge is 2.30. The molecule has 0 saturated carbocycles. The number of fused-ring (bicyclic) bond motifs is 1. The molecule has 4 aromatic rings. The molecule has 1 fully saturated rings. The van der Waals surface area contributed by atoms with Crippen molar-refractivity contribution in [1.29, 1.82) is 0 Å². The summed E-state index contributed by atoms with van der Waals surface area (Å²) in [5.41, 5.74) is 1.69. The summed E-state index contributed by atoms with van der Waals surface area (Å²) in [6.45, 7) is 7.08. The van der Waals surface area contributed by atoms with Crippen molar-refractivity contribution in [2.45, 2.75) is 39.3 Å². The molecule has 13 heteroatoms. The zero-order valence-electron chi connectivity index (χ0n) is 22.3. The Morgan fingerprint density at radius 2 is 1.75 bits per heavy atom. The van der Waals surface area contributed by atoms with Gasteiger partial charge in [-0.25, -0.2) is 14.6 Å². The van der Waals surface area contributed by atoms with Gasteiger partial charge in [-0.2, -0.15) is 8.78 Å². The summed E-state index contributed by atoms with van der Waals surface area (Å²) < 4.78 is 38.0. The number of hydrogen-bond donors (Lipinski definition) is 0. The lowest BCUT2D eigenvalue weighted by atomic mass is 10.2. The van der Waals surface area contributed by atoms with Crippen LogP contribution in [0.1, 0.15) is 38.8 Å². The van der Waals surface area contributed by atoms with Gasteiger partial charge < -0.3 is 23.4 Å². The molecule has 0 radical (unpaired) electrons. The van der Waals surface area contributed by atoms with E-state index in [-0.39, 0.29) is 18.5 Å². The number of rotatable bonds is 5. The molecular weight excluding hydrogens is 524 g/mol. The van der Waals surface area contributed by atoms with Gasteiger partial charge in [0.2, 0.25) is 5.89 Å². The first-order valence-electron chi connectivity index (χ1n) is 12.8. The molecule has 11 nitrogen and oxygen atoms in total. The number of piperazine rings is 1. The minimum Gasteiger partial charge on any atom is -0.444 e. The summed E-state index contributed by atoms with van der Waals surface area (Å²) in [7, 11) is 0. The van der Waals surface area contributed by atoms with Gasteiger partial charge in [-0.3, -0.25) is 4.90 Å². The number of nitrogens with zero attached hydrogens (tertiary/aromatic N) is 7. The van der Waals surface area contributed by atoms with Gasteiger partial charge in [0.25, 0.3) is 5.89 Å². The number of alkyl halides is 2. The molecule has 0 unspecified atom stereocenters. The Kier molecular flexibility index (Phi) is 7.37. The first-order chi connectivity index (χ1) is 19.1. The van der Waals surface area contributed by atoms with Gasteiger partial charge in [-0.15, -0.1) is 10.2 Å². The lowest BCUT2D eigenvalue weighted by Crippen LogP contribution is -2.54. The van der Waals surface area contributed by atoms with Crippen molar-refractivity contribution < 1.29 is 27.5 Å². The van der Waals surface area contributed by atoms with Crippen LogP contribution in [0.25, 0.3) is 17.1 Å². The highest BCUT2D eigenvalue weighted by molar-refractivity contribution is 5.92. The molecule has 1 aromatic carbocycles. The average molecular weight is 554 g/mol. The number of urea groups is 1. The third-order valence-corrected chi connectivity index (χ3v) is 6.21. The molecule has 1 aliphatic rings. The Labute approximate surface area is 229 Å². The molecule has 3 aromatic heterocycles. The maximum Gasteiger partial charge on any atom is 0.410 e. The summed E-state index contributed by atoms with van der Waals surface area (Å²) in [6, 6.07) is 12.4. The molecule has 5 rings (SSSR count). The Morgan fingerprint density at radius 1 is 1.05 bits per heavy atom. The third kappa shape index (κ3) is 6.03. The van der Waals surface area contributed by atoms with Crippen LogP contribution in [-0.2, 0) is 11.3 Å². The predicted molar refractivity (Wildman–Crippen MR) is 141 cm³/mol. The Bertz CT molecular complexity index is 1490. The van der Waals surface area contributed by atoms with Gasteiger partial charge in [0.05, 0.1) is 12.2 Å². The second kappa shape index (κ2) is 10.9. The van der Waals surface area contributed by atoms with Gasteiger partial charge in [-0.05, 0) is 45.0 Å². The van der Waals surface area contributed by atoms with Gasteiger partial charge >= 0.3 is 18.5 Å². The number of carbonyl (C=O) groups excluding carboxylic acids is 2. The smallest absolute Gasteiger partial charge is 0.410 e. The van der Waals surface area contributed by atoms with Gasteiger partial charge in [0.1, 0.15) is 11.2 Å². The lowest BCUT2D eigenvalue weighted by Gasteiger charge is -2.37. The van der Waals surface area contributed by atoms with E-state index in [0.717, 1.165) is 0 Å². The standard InChI is InChI=1S/C27H29F2N7O4/c1-27(2,3)40-26(38)34-13-11-33(12-14-34)25(37)36(20-7-5-4-6-8-20)17-19-16-35-10-9-18(15-21(35)30-19)23-31-32-24(39-23)22(28)29/h4-10,15-16,22H,11-14,17H2,1-3H3.